The summed E-state index contributed by atoms with van der Waals surface area (Å²) in [5.74, 6) is 0.718. The number of benzene rings is 3. The zero-order valence-electron chi connectivity index (χ0n) is 20.9. The van der Waals surface area contributed by atoms with Crippen molar-refractivity contribution in [3.63, 3.8) is 0 Å². The van der Waals surface area contributed by atoms with E-state index in [0.29, 0.717) is 61.6 Å². The van der Waals surface area contributed by atoms with Gasteiger partial charge in [0.25, 0.3) is 5.91 Å². The monoisotopic (exact) mass is 565 g/mol. The van der Waals surface area contributed by atoms with Crippen LogP contribution in [0.2, 0.25) is 10.0 Å². The van der Waals surface area contributed by atoms with Crippen LogP contribution in [0.3, 0.4) is 0 Å². The molecule has 3 aromatic carbocycles. The van der Waals surface area contributed by atoms with E-state index in [9.17, 15) is 10.1 Å². The highest BCUT2D eigenvalue weighted by atomic mass is 35.5. The molecule has 1 aliphatic heterocycles. The Hall–Kier alpha value is -3.44. The fraction of sp³-hybridized carbons (Fsp3) is 0.207. The van der Waals surface area contributed by atoms with Gasteiger partial charge in [0.2, 0.25) is 0 Å². The van der Waals surface area contributed by atoms with Gasteiger partial charge in [0.15, 0.2) is 16.7 Å². The number of aliphatic imine (C=N–C) groups is 1. The molecule has 0 atom stereocenters. The van der Waals surface area contributed by atoms with Crippen LogP contribution in [0.15, 0.2) is 70.6 Å². The summed E-state index contributed by atoms with van der Waals surface area (Å²) < 4.78 is 11.8. The number of thioether (sulfide) groups is 1. The fourth-order valence-corrected chi connectivity index (χ4v) is 5.19. The Morgan fingerprint density at radius 2 is 1.84 bits per heavy atom. The van der Waals surface area contributed by atoms with E-state index in [4.69, 9.17) is 32.7 Å². The molecule has 0 unspecified atom stereocenters. The van der Waals surface area contributed by atoms with Gasteiger partial charge in [-0.05, 0) is 79.2 Å². The first kappa shape index (κ1) is 27.6. The van der Waals surface area contributed by atoms with Crippen LogP contribution in [0.5, 0.6) is 11.5 Å². The lowest BCUT2D eigenvalue weighted by molar-refractivity contribution is -0.122. The lowest BCUT2D eigenvalue weighted by atomic mass is 10.1. The fourth-order valence-electron chi connectivity index (χ4n) is 3.77. The number of hydrogen-bond acceptors (Lipinski definition) is 6. The van der Waals surface area contributed by atoms with E-state index in [0.717, 1.165) is 12.0 Å². The smallest absolute Gasteiger partial charge is 0.266 e. The summed E-state index contributed by atoms with van der Waals surface area (Å²) in [4.78, 5) is 20.1. The highest BCUT2D eigenvalue weighted by Gasteiger charge is 2.33. The molecule has 1 saturated heterocycles. The number of nitrogens with zero attached hydrogens (tertiary/aromatic N) is 3. The van der Waals surface area contributed by atoms with Gasteiger partial charge < -0.3 is 9.47 Å². The Labute approximate surface area is 236 Å². The number of amidine groups is 1. The maximum atomic E-state index is 13.3. The topological polar surface area (TPSA) is 74.9 Å². The van der Waals surface area contributed by atoms with Crippen LogP contribution in [0.4, 0.5) is 5.69 Å². The summed E-state index contributed by atoms with van der Waals surface area (Å²) in [5, 5.41) is 10.9. The number of carbonyl (C=O) groups excluding carboxylic acids is 1. The van der Waals surface area contributed by atoms with E-state index >= 15 is 0 Å². The van der Waals surface area contributed by atoms with Crippen LogP contribution >= 0.6 is 35.0 Å². The Balaban J connectivity index is 1.63. The molecule has 0 bridgehead atoms. The molecule has 0 aliphatic carbocycles. The van der Waals surface area contributed by atoms with E-state index < -0.39 is 0 Å². The van der Waals surface area contributed by atoms with Crippen molar-refractivity contribution in [1.29, 1.82) is 5.26 Å². The molecule has 0 N–H and O–H groups in total. The predicted molar refractivity (Wildman–Crippen MR) is 154 cm³/mol. The normalized spacial score (nSPS) is 15.2. The first-order valence-electron chi connectivity index (χ1n) is 12.1. The summed E-state index contributed by atoms with van der Waals surface area (Å²) in [7, 11) is 0. The molecule has 0 spiro atoms. The van der Waals surface area contributed by atoms with Crippen LogP contribution in [0.25, 0.3) is 6.08 Å². The zero-order valence-corrected chi connectivity index (χ0v) is 23.2. The summed E-state index contributed by atoms with van der Waals surface area (Å²) in [5.41, 5.74) is 2.69. The molecule has 38 heavy (non-hydrogen) atoms. The Morgan fingerprint density at radius 1 is 1.08 bits per heavy atom. The summed E-state index contributed by atoms with van der Waals surface area (Å²) in [6.07, 6.45) is 2.57. The number of ether oxygens (including phenoxy) is 2. The van der Waals surface area contributed by atoms with E-state index in [2.05, 4.69) is 11.1 Å². The lowest BCUT2D eigenvalue weighted by Crippen LogP contribution is -2.29. The van der Waals surface area contributed by atoms with Crippen molar-refractivity contribution in [2.45, 2.75) is 26.9 Å². The molecule has 9 heteroatoms. The van der Waals surface area contributed by atoms with Crippen LogP contribution in [0, 0.1) is 11.3 Å². The van der Waals surface area contributed by atoms with Crippen molar-refractivity contribution >= 4 is 57.8 Å². The molecule has 1 amide bonds. The van der Waals surface area contributed by atoms with Gasteiger partial charge in [-0.3, -0.25) is 9.69 Å². The molecule has 4 rings (SSSR count). The minimum atomic E-state index is -0.118. The van der Waals surface area contributed by atoms with Crippen molar-refractivity contribution < 1.29 is 14.3 Å². The summed E-state index contributed by atoms with van der Waals surface area (Å²) in [6.45, 7) is 5.00. The molecule has 1 aliphatic rings. The number of hydrogen-bond donors (Lipinski definition) is 0. The van der Waals surface area contributed by atoms with Gasteiger partial charge in [0, 0.05) is 17.1 Å². The lowest BCUT2D eigenvalue weighted by Gasteiger charge is -2.15. The second-order valence-corrected chi connectivity index (χ2v) is 10.1. The van der Waals surface area contributed by atoms with E-state index in [-0.39, 0.29) is 12.5 Å². The zero-order chi connectivity index (χ0) is 27.1. The molecule has 1 heterocycles. The average molecular weight is 567 g/mol. The van der Waals surface area contributed by atoms with Crippen molar-refractivity contribution in [1.82, 2.24) is 4.90 Å². The van der Waals surface area contributed by atoms with Gasteiger partial charge in [-0.15, -0.1) is 0 Å². The Bertz CT molecular complexity index is 1430. The third-order valence-electron chi connectivity index (χ3n) is 5.53. The van der Waals surface area contributed by atoms with Crippen LogP contribution in [-0.4, -0.2) is 29.1 Å². The quantitative estimate of drug-likeness (QED) is 0.247. The SMILES string of the molecule is CCCN1C(=O)/C(=C/c2cc(Cl)c(OCc3ccccc3C#N)c(OCC)c2)SC1=Nc1ccc(Cl)cc1. The maximum absolute atomic E-state index is 13.3. The third-order valence-corrected chi connectivity index (χ3v) is 7.07. The van der Waals surface area contributed by atoms with Crippen LogP contribution < -0.4 is 9.47 Å². The second-order valence-electron chi connectivity index (χ2n) is 8.26. The highest BCUT2D eigenvalue weighted by molar-refractivity contribution is 8.18. The van der Waals surface area contributed by atoms with E-state index in [1.165, 1.54) is 11.8 Å². The molecule has 0 radical (unpaired) electrons. The molecule has 6 nitrogen and oxygen atoms in total. The molecule has 194 valence electrons. The van der Waals surface area contributed by atoms with Crippen LogP contribution in [0.1, 0.15) is 37.0 Å². The maximum Gasteiger partial charge on any atom is 0.266 e. The Kier molecular flexibility index (Phi) is 9.35. The number of amides is 1. The Morgan fingerprint density at radius 3 is 2.55 bits per heavy atom. The number of carbonyl (C=O) groups is 1. The molecular weight excluding hydrogens is 541 g/mol. The van der Waals surface area contributed by atoms with Gasteiger partial charge in [-0.2, -0.15) is 5.26 Å². The second kappa shape index (κ2) is 12.9. The minimum Gasteiger partial charge on any atom is -0.490 e. The van der Waals surface area contributed by atoms with E-state index in [1.807, 2.05) is 38.1 Å². The minimum absolute atomic E-state index is 0.118. The third kappa shape index (κ3) is 6.51. The standard InChI is InChI=1S/C29H25Cl2N3O3S/c1-3-13-34-28(35)26(38-29(34)33-23-11-9-22(30)10-12-23)16-19-14-24(31)27(25(15-19)36-4-2)37-18-21-8-6-5-7-20(21)17-32/h5-12,14-16H,3-4,13,18H2,1-2H3/b26-16-,33-29?. The molecule has 1 fully saturated rings. The largest absolute Gasteiger partial charge is 0.490 e. The molecule has 3 aromatic rings. The van der Waals surface area contributed by atoms with Gasteiger partial charge in [-0.1, -0.05) is 48.3 Å². The molecule has 0 saturated carbocycles. The number of rotatable bonds is 9. The van der Waals surface area contributed by atoms with Gasteiger partial charge in [-0.25, -0.2) is 4.99 Å². The van der Waals surface area contributed by atoms with Gasteiger partial charge in [0.05, 0.1) is 33.9 Å². The van der Waals surface area contributed by atoms with E-state index in [1.54, 1.807) is 47.4 Å². The summed E-state index contributed by atoms with van der Waals surface area (Å²) in [6, 6.07) is 20.1. The van der Waals surface area contributed by atoms with Crippen molar-refractivity contribution in [3.8, 4) is 17.6 Å². The summed E-state index contributed by atoms with van der Waals surface area (Å²) >= 11 is 13.9. The highest BCUT2D eigenvalue weighted by Crippen LogP contribution is 2.40. The van der Waals surface area contributed by atoms with Gasteiger partial charge >= 0.3 is 0 Å². The molecule has 0 aromatic heterocycles. The number of halogens is 2. The first-order valence-corrected chi connectivity index (χ1v) is 13.6. The molecular formula is C29H25Cl2N3O3S. The van der Waals surface area contributed by atoms with Gasteiger partial charge in [0.1, 0.15) is 6.61 Å². The predicted octanol–water partition coefficient (Wildman–Crippen LogP) is 7.86. The average Bonchev–Trinajstić information content (AvgIpc) is 3.19. The van der Waals surface area contributed by atoms with Crippen molar-refractivity contribution in [3.05, 3.63) is 92.3 Å². The van der Waals surface area contributed by atoms with Crippen LogP contribution in [-0.2, 0) is 11.4 Å². The van der Waals surface area contributed by atoms with Crippen molar-refractivity contribution in [2.24, 2.45) is 4.99 Å². The van der Waals surface area contributed by atoms with Crippen molar-refractivity contribution in [2.75, 3.05) is 13.2 Å². The number of nitriles is 1. The first-order chi connectivity index (χ1) is 18.4.